The van der Waals surface area contributed by atoms with Crippen molar-refractivity contribution < 1.29 is 14.3 Å². The maximum absolute atomic E-state index is 11.8. The van der Waals surface area contributed by atoms with Crippen molar-refractivity contribution in [3.63, 3.8) is 0 Å². The summed E-state index contributed by atoms with van der Waals surface area (Å²) in [4.78, 5) is 23.5. The fourth-order valence-electron chi connectivity index (χ4n) is 1.58. The minimum absolute atomic E-state index is 0.144. The van der Waals surface area contributed by atoms with Gasteiger partial charge in [-0.2, -0.15) is 0 Å². The number of anilines is 1. The molecule has 0 saturated heterocycles. The van der Waals surface area contributed by atoms with Gasteiger partial charge in [0.05, 0.1) is 5.69 Å². The van der Waals surface area contributed by atoms with E-state index in [4.69, 9.17) is 10.5 Å². The van der Waals surface area contributed by atoms with Crippen molar-refractivity contribution in [3.8, 4) is 5.75 Å². The first-order chi connectivity index (χ1) is 10.4. The van der Waals surface area contributed by atoms with Gasteiger partial charge in [0.1, 0.15) is 5.75 Å². The zero-order valence-electron chi connectivity index (χ0n) is 13.0. The normalized spacial score (nSPS) is 10.1. The molecular weight excluding hydrogens is 282 g/mol. The zero-order valence-corrected chi connectivity index (χ0v) is 13.0. The molecule has 0 unspecified atom stereocenters. The second-order valence-corrected chi connectivity index (χ2v) is 5.24. The minimum atomic E-state index is -0.256. The zero-order chi connectivity index (χ0) is 16.5. The Kier molecular flexibility index (Phi) is 6.95. The highest BCUT2D eigenvalue weighted by atomic mass is 16.5. The van der Waals surface area contributed by atoms with Gasteiger partial charge in [-0.3, -0.25) is 9.59 Å². The van der Waals surface area contributed by atoms with Crippen LogP contribution in [0.4, 0.5) is 5.69 Å². The summed E-state index contributed by atoms with van der Waals surface area (Å²) < 4.78 is 5.39. The number of nitrogen functional groups attached to an aromatic ring is 1. The summed E-state index contributed by atoms with van der Waals surface area (Å²) in [5.41, 5.74) is 6.58. The molecule has 120 valence electrons. The summed E-state index contributed by atoms with van der Waals surface area (Å²) in [6.45, 7) is 8.35. The lowest BCUT2D eigenvalue weighted by Gasteiger charge is -2.12. The van der Waals surface area contributed by atoms with E-state index in [9.17, 15) is 9.59 Å². The van der Waals surface area contributed by atoms with Gasteiger partial charge in [-0.05, 0) is 24.1 Å². The van der Waals surface area contributed by atoms with Crippen molar-refractivity contribution in [1.82, 2.24) is 10.6 Å². The van der Waals surface area contributed by atoms with Crippen LogP contribution in [0.25, 0.3) is 0 Å². The molecule has 0 saturated carbocycles. The lowest BCUT2D eigenvalue weighted by atomic mass is 10.2. The van der Waals surface area contributed by atoms with E-state index in [-0.39, 0.29) is 18.4 Å². The van der Waals surface area contributed by atoms with Gasteiger partial charge in [0.15, 0.2) is 6.61 Å². The number of hydrogen-bond acceptors (Lipinski definition) is 4. The summed E-state index contributed by atoms with van der Waals surface area (Å²) in [7, 11) is 0. The molecule has 0 heterocycles. The fraction of sp³-hybridized carbons (Fsp3) is 0.375. The molecule has 0 aliphatic heterocycles. The number of hydrogen-bond donors (Lipinski definition) is 3. The van der Waals surface area contributed by atoms with E-state index in [1.54, 1.807) is 18.2 Å². The summed E-state index contributed by atoms with van der Waals surface area (Å²) in [6, 6.07) is 4.69. The van der Waals surface area contributed by atoms with Crippen LogP contribution < -0.4 is 21.1 Å². The summed E-state index contributed by atoms with van der Waals surface area (Å²) in [5.74, 6) is 0.195. The highest BCUT2D eigenvalue weighted by molar-refractivity contribution is 5.95. The minimum Gasteiger partial charge on any atom is -0.482 e. The lowest BCUT2D eigenvalue weighted by Crippen LogP contribution is -2.31. The SMILES string of the molecule is C=CCNC(=O)c1ccc(N)c(OCC(=O)NCC(C)C)c1. The number of ether oxygens (including phenoxy) is 1. The van der Waals surface area contributed by atoms with Crippen LogP contribution in [0.3, 0.4) is 0 Å². The van der Waals surface area contributed by atoms with Crippen molar-refractivity contribution in [2.75, 3.05) is 25.4 Å². The van der Waals surface area contributed by atoms with Crippen molar-refractivity contribution in [2.45, 2.75) is 13.8 Å². The summed E-state index contributed by atoms with van der Waals surface area (Å²) >= 11 is 0. The van der Waals surface area contributed by atoms with Crippen molar-refractivity contribution >= 4 is 17.5 Å². The molecule has 1 aromatic rings. The van der Waals surface area contributed by atoms with E-state index in [1.165, 1.54) is 6.07 Å². The average molecular weight is 305 g/mol. The number of carbonyl (C=O) groups is 2. The second-order valence-electron chi connectivity index (χ2n) is 5.24. The van der Waals surface area contributed by atoms with E-state index < -0.39 is 0 Å². The molecule has 6 nitrogen and oxygen atoms in total. The molecule has 2 amide bonds. The summed E-state index contributed by atoms with van der Waals surface area (Å²) in [5, 5.41) is 5.40. The van der Waals surface area contributed by atoms with E-state index in [0.717, 1.165) is 0 Å². The van der Waals surface area contributed by atoms with E-state index in [1.807, 2.05) is 13.8 Å². The Hall–Kier alpha value is -2.50. The van der Waals surface area contributed by atoms with Crippen molar-refractivity contribution in [1.29, 1.82) is 0 Å². The molecule has 0 atom stereocenters. The smallest absolute Gasteiger partial charge is 0.257 e. The topological polar surface area (TPSA) is 93.5 Å². The van der Waals surface area contributed by atoms with Gasteiger partial charge in [-0.15, -0.1) is 6.58 Å². The third kappa shape index (κ3) is 5.87. The standard InChI is InChI=1S/C16H23N3O3/c1-4-7-18-16(21)12-5-6-13(17)14(8-12)22-10-15(20)19-9-11(2)3/h4-6,8,11H,1,7,9-10,17H2,2-3H3,(H,18,21)(H,19,20). The van der Waals surface area contributed by atoms with Crippen LogP contribution in [0.2, 0.25) is 0 Å². The molecule has 0 fully saturated rings. The van der Waals surface area contributed by atoms with Crippen molar-refractivity contribution in [2.24, 2.45) is 5.92 Å². The Morgan fingerprint density at radius 2 is 2.09 bits per heavy atom. The summed E-state index contributed by atoms with van der Waals surface area (Å²) in [6.07, 6.45) is 1.59. The van der Waals surface area contributed by atoms with Gasteiger partial charge < -0.3 is 21.1 Å². The number of amides is 2. The molecule has 4 N–H and O–H groups in total. The van der Waals surface area contributed by atoms with Gasteiger partial charge in [-0.1, -0.05) is 19.9 Å². The predicted molar refractivity (Wildman–Crippen MR) is 86.7 cm³/mol. The van der Waals surface area contributed by atoms with Crippen molar-refractivity contribution in [3.05, 3.63) is 36.4 Å². The van der Waals surface area contributed by atoms with Crippen LogP contribution in [0, 0.1) is 5.92 Å². The first-order valence-electron chi connectivity index (χ1n) is 7.12. The van der Waals surface area contributed by atoms with Crippen LogP contribution in [0.15, 0.2) is 30.9 Å². The van der Waals surface area contributed by atoms with Crippen LogP contribution in [-0.2, 0) is 4.79 Å². The molecule has 1 rings (SSSR count). The predicted octanol–water partition coefficient (Wildman–Crippen LogP) is 1.34. The Morgan fingerprint density at radius 1 is 1.36 bits per heavy atom. The lowest BCUT2D eigenvalue weighted by molar-refractivity contribution is -0.123. The molecule has 0 bridgehead atoms. The van der Waals surface area contributed by atoms with Gasteiger partial charge in [0, 0.05) is 18.7 Å². The molecule has 0 aliphatic carbocycles. The van der Waals surface area contributed by atoms with E-state index in [0.29, 0.717) is 36.0 Å². The Labute approximate surface area is 130 Å². The van der Waals surface area contributed by atoms with Gasteiger partial charge in [0.25, 0.3) is 11.8 Å². The fourth-order valence-corrected chi connectivity index (χ4v) is 1.58. The quantitative estimate of drug-likeness (QED) is 0.499. The average Bonchev–Trinajstić information content (AvgIpc) is 2.49. The van der Waals surface area contributed by atoms with Crippen LogP contribution >= 0.6 is 0 Å². The van der Waals surface area contributed by atoms with E-state index in [2.05, 4.69) is 17.2 Å². The van der Waals surface area contributed by atoms with E-state index >= 15 is 0 Å². The third-order valence-electron chi connectivity index (χ3n) is 2.75. The molecule has 0 radical (unpaired) electrons. The maximum atomic E-state index is 11.8. The second kappa shape index (κ2) is 8.71. The largest absolute Gasteiger partial charge is 0.482 e. The number of rotatable bonds is 8. The maximum Gasteiger partial charge on any atom is 0.257 e. The third-order valence-corrected chi connectivity index (χ3v) is 2.75. The first-order valence-corrected chi connectivity index (χ1v) is 7.12. The first kappa shape index (κ1) is 17.6. The monoisotopic (exact) mass is 305 g/mol. The highest BCUT2D eigenvalue weighted by Crippen LogP contribution is 2.22. The molecule has 1 aromatic carbocycles. The number of carbonyl (C=O) groups excluding carboxylic acids is 2. The Bertz CT molecular complexity index is 541. The molecule has 22 heavy (non-hydrogen) atoms. The van der Waals surface area contributed by atoms with Gasteiger partial charge in [0.2, 0.25) is 0 Å². The van der Waals surface area contributed by atoms with Gasteiger partial charge in [-0.25, -0.2) is 0 Å². The number of nitrogens with two attached hydrogens (primary N) is 1. The molecule has 0 spiro atoms. The number of benzene rings is 1. The molecule has 0 aliphatic rings. The highest BCUT2D eigenvalue weighted by Gasteiger charge is 2.10. The Balaban J connectivity index is 2.64. The molecule has 0 aromatic heterocycles. The van der Waals surface area contributed by atoms with Gasteiger partial charge >= 0.3 is 0 Å². The van der Waals surface area contributed by atoms with Crippen LogP contribution in [-0.4, -0.2) is 31.5 Å². The Morgan fingerprint density at radius 3 is 2.73 bits per heavy atom. The van der Waals surface area contributed by atoms with Crippen LogP contribution in [0.1, 0.15) is 24.2 Å². The van der Waals surface area contributed by atoms with Crippen LogP contribution in [0.5, 0.6) is 5.75 Å². The molecular formula is C16H23N3O3. The number of nitrogens with one attached hydrogen (secondary N) is 2. The molecule has 6 heteroatoms.